The van der Waals surface area contributed by atoms with Gasteiger partial charge in [-0.05, 0) is 17.5 Å². The molecule has 2 rings (SSSR count). The Hall–Kier alpha value is -1.63. The van der Waals surface area contributed by atoms with E-state index in [2.05, 4.69) is 0 Å². The van der Waals surface area contributed by atoms with Crippen molar-refractivity contribution in [1.82, 2.24) is 9.80 Å². The molecule has 6 nitrogen and oxygen atoms in total. The van der Waals surface area contributed by atoms with Crippen LogP contribution in [0, 0.1) is 5.41 Å². The number of likely N-dealkylation sites (N-methyl/N-ethyl adjacent to an activating group) is 1. The lowest BCUT2D eigenvalue weighted by Crippen LogP contribution is -2.57. The molecule has 1 fully saturated rings. The molecule has 0 aromatic heterocycles. The van der Waals surface area contributed by atoms with Crippen molar-refractivity contribution in [3.05, 3.63) is 35.9 Å². The van der Waals surface area contributed by atoms with Gasteiger partial charge < -0.3 is 20.3 Å². The smallest absolute Gasteiger partial charge is 0.249 e. The molecule has 0 aliphatic carbocycles. The van der Waals surface area contributed by atoms with Crippen LogP contribution in [0.15, 0.2) is 30.3 Å². The number of ether oxygens (including phenoxy) is 1. The normalized spacial score (nSPS) is 17.8. The standard InChI is InChI=1S/C18H27N3O3.ClH/c1-18(2,12-19)13-20(3)17(23)15-10-24-11-16(22)21(15)9-14-7-5-4-6-8-14;/h4-8,15H,9-13,19H2,1-3H3;1H/t15-;/m1./s1. The topological polar surface area (TPSA) is 75.9 Å². The van der Waals surface area contributed by atoms with Crippen LogP contribution in [-0.4, -0.2) is 61.0 Å². The summed E-state index contributed by atoms with van der Waals surface area (Å²) >= 11 is 0. The molecule has 1 aliphatic rings. The molecule has 2 amide bonds. The van der Waals surface area contributed by atoms with E-state index >= 15 is 0 Å². The Morgan fingerprint density at radius 1 is 1.36 bits per heavy atom. The van der Waals surface area contributed by atoms with E-state index in [-0.39, 0.29) is 42.9 Å². The van der Waals surface area contributed by atoms with E-state index in [1.54, 1.807) is 16.8 Å². The third-order valence-electron chi connectivity index (χ3n) is 4.27. The first-order valence-corrected chi connectivity index (χ1v) is 8.20. The minimum absolute atomic E-state index is 0. The molecular formula is C18H28ClN3O3. The number of nitrogens with two attached hydrogens (primary N) is 1. The van der Waals surface area contributed by atoms with Gasteiger partial charge in [0.25, 0.3) is 0 Å². The highest BCUT2D eigenvalue weighted by Crippen LogP contribution is 2.18. The second-order valence-corrected chi connectivity index (χ2v) is 7.10. The highest BCUT2D eigenvalue weighted by atomic mass is 35.5. The Labute approximate surface area is 155 Å². The van der Waals surface area contributed by atoms with E-state index in [1.807, 2.05) is 44.2 Å². The van der Waals surface area contributed by atoms with Crippen LogP contribution in [0.2, 0.25) is 0 Å². The lowest BCUT2D eigenvalue weighted by atomic mass is 9.93. The average molecular weight is 370 g/mol. The number of morpholine rings is 1. The summed E-state index contributed by atoms with van der Waals surface area (Å²) < 4.78 is 5.33. The number of benzene rings is 1. The molecule has 1 atom stereocenters. The van der Waals surface area contributed by atoms with Gasteiger partial charge in [-0.15, -0.1) is 12.4 Å². The summed E-state index contributed by atoms with van der Waals surface area (Å²) in [5.41, 5.74) is 6.58. The number of nitrogens with zero attached hydrogens (tertiary/aromatic N) is 2. The lowest BCUT2D eigenvalue weighted by molar-refractivity contribution is -0.159. The van der Waals surface area contributed by atoms with Gasteiger partial charge in [-0.3, -0.25) is 9.59 Å². The maximum absolute atomic E-state index is 12.8. The highest BCUT2D eigenvalue weighted by molar-refractivity contribution is 5.89. The quantitative estimate of drug-likeness (QED) is 0.819. The fourth-order valence-corrected chi connectivity index (χ4v) is 2.83. The van der Waals surface area contributed by atoms with Crippen LogP contribution in [0.4, 0.5) is 0 Å². The first kappa shape index (κ1) is 21.4. The molecule has 0 spiro atoms. The minimum atomic E-state index is -0.593. The molecule has 0 radical (unpaired) electrons. The van der Waals surface area contributed by atoms with Crippen molar-refractivity contribution in [2.75, 3.05) is 33.4 Å². The summed E-state index contributed by atoms with van der Waals surface area (Å²) in [7, 11) is 1.75. The zero-order valence-corrected chi connectivity index (χ0v) is 15.9. The van der Waals surface area contributed by atoms with Gasteiger partial charge in [0.1, 0.15) is 12.6 Å². The molecule has 1 aromatic carbocycles. The second kappa shape index (κ2) is 9.17. The first-order chi connectivity index (χ1) is 11.3. The molecule has 1 saturated heterocycles. The molecule has 0 unspecified atom stereocenters. The summed E-state index contributed by atoms with van der Waals surface area (Å²) in [6, 6.07) is 9.08. The number of carbonyl (C=O) groups is 2. The fraction of sp³-hybridized carbons (Fsp3) is 0.556. The van der Waals surface area contributed by atoms with Gasteiger partial charge >= 0.3 is 0 Å². The van der Waals surface area contributed by atoms with Gasteiger partial charge in [-0.2, -0.15) is 0 Å². The van der Waals surface area contributed by atoms with Crippen molar-refractivity contribution >= 4 is 24.2 Å². The minimum Gasteiger partial charge on any atom is -0.369 e. The molecule has 25 heavy (non-hydrogen) atoms. The van der Waals surface area contributed by atoms with Crippen LogP contribution in [0.3, 0.4) is 0 Å². The zero-order chi connectivity index (χ0) is 17.7. The second-order valence-electron chi connectivity index (χ2n) is 7.10. The average Bonchev–Trinajstić information content (AvgIpc) is 2.56. The van der Waals surface area contributed by atoms with Crippen LogP contribution in [0.25, 0.3) is 0 Å². The van der Waals surface area contributed by atoms with Crippen LogP contribution in [0.1, 0.15) is 19.4 Å². The van der Waals surface area contributed by atoms with Crippen molar-refractivity contribution < 1.29 is 14.3 Å². The molecule has 2 N–H and O–H groups in total. The maximum Gasteiger partial charge on any atom is 0.249 e. The van der Waals surface area contributed by atoms with E-state index in [0.29, 0.717) is 19.6 Å². The fourth-order valence-electron chi connectivity index (χ4n) is 2.83. The van der Waals surface area contributed by atoms with Crippen LogP contribution in [0.5, 0.6) is 0 Å². The summed E-state index contributed by atoms with van der Waals surface area (Å²) in [4.78, 5) is 28.4. The monoisotopic (exact) mass is 369 g/mol. The lowest BCUT2D eigenvalue weighted by Gasteiger charge is -2.38. The summed E-state index contributed by atoms with van der Waals surface area (Å²) in [6.45, 7) is 5.71. The molecule has 7 heteroatoms. The predicted octanol–water partition coefficient (Wildman–Crippen LogP) is 1.28. The van der Waals surface area contributed by atoms with E-state index in [9.17, 15) is 9.59 Å². The van der Waals surface area contributed by atoms with Crippen molar-refractivity contribution in [1.29, 1.82) is 0 Å². The third-order valence-corrected chi connectivity index (χ3v) is 4.27. The Balaban J connectivity index is 0.00000312. The van der Waals surface area contributed by atoms with Crippen molar-refractivity contribution in [3.63, 3.8) is 0 Å². The van der Waals surface area contributed by atoms with Crippen LogP contribution < -0.4 is 5.73 Å². The molecule has 0 saturated carbocycles. The molecule has 0 bridgehead atoms. The summed E-state index contributed by atoms with van der Waals surface area (Å²) in [6.07, 6.45) is 0. The Morgan fingerprint density at radius 2 is 2.00 bits per heavy atom. The van der Waals surface area contributed by atoms with Gasteiger partial charge in [-0.1, -0.05) is 44.2 Å². The number of halogens is 1. The van der Waals surface area contributed by atoms with Crippen molar-refractivity contribution in [2.45, 2.75) is 26.4 Å². The van der Waals surface area contributed by atoms with E-state index < -0.39 is 6.04 Å². The number of hydrogen-bond acceptors (Lipinski definition) is 4. The SMILES string of the molecule is CN(CC(C)(C)CN)C(=O)[C@H]1COCC(=O)N1Cc1ccccc1.Cl. The Kier molecular flexibility index (Phi) is 7.86. The van der Waals surface area contributed by atoms with E-state index in [0.717, 1.165) is 5.56 Å². The number of amides is 2. The Bertz CT molecular complexity index is 580. The van der Waals surface area contributed by atoms with Gasteiger partial charge in [0, 0.05) is 20.1 Å². The van der Waals surface area contributed by atoms with Crippen LogP contribution in [-0.2, 0) is 20.9 Å². The van der Waals surface area contributed by atoms with Crippen molar-refractivity contribution in [3.8, 4) is 0 Å². The molecule has 1 aliphatic heterocycles. The highest BCUT2D eigenvalue weighted by Gasteiger charge is 2.36. The zero-order valence-electron chi connectivity index (χ0n) is 15.1. The summed E-state index contributed by atoms with van der Waals surface area (Å²) in [5, 5.41) is 0. The molecule has 1 aromatic rings. The number of carbonyl (C=O) groups excluding carboxylic acids is 2. The Morgan fingerprint density at radius 3 is 2.60 bits per heavy atom. The van der Waals surface area contributed by atoms with Crippen LogP contribution >= 0.6 is 12.4 Å². The maximum atomic E-state index is 12.8. The predicted molar refractivity (Wildman–Crippen MR) is 99.3 cm³/mol. The number of rotatable bonds is 6. The third kappa shape index (κ3) is 5.70. The molecule has 1 heterocycles. The molecule has 140 valence electrons. The first-order valence-electron chi connectivity index (χ1n) is 8.20. The molecular weight excluding hydrogens is 342 g/mol. The van der Waals surface area contributed by atoms with E-state index in [1.165, 1.54) is 0 Å². The van der Waals surface area contributed by atoms with Crippen molar-refractivity contribution in [2.24, 2.45) is 11.1 Å². The van der Waals surface area contributed by atoms with Gasteiger partial charge in [-0.25, -0.2) is 0 Å². The van der Waals surface area contributed by atoms with Gasteiger partial charge in [0.15, 0.2) is 0 Å². The number of hydrogen-bond donors (Lipinski definition) is 1. The summed E-state index contributed by atoms with van der Waals surface area (Å²) in [5.74, 6) is -0.268. The van der Waals surface area contributed by atoms with E-state index in [4.69, 9.17) is 10.5 Å². The largest absolute Gasteiger partial charge is 0.369 e. The van der Waals surface area contributed by atoms with Gasteiger partial charge in [0.2, 0.25) is 11.8 Å². The van der Waals surface area contributed by atoms with Gasteiger partial charge in [0.05, 0.1) is 6.61 Å².